The first-order valence-corrected chi connectivity index (χ1v) is 6.44. The lowest BCUT2D eigenvalue weighted by atomic mass is 10.1. The maximum atomic E-state index is 9.59. The average Bonchev–Trinajstić information content (AvgIpc) is 2.42. The second-order valence-corrected chi connectivity index (χ2v) is 4.57. The normalized spacial score (nSPS) is 16.2. The van der Waals surface area contributed by atoms with Crippen molar-refractivity contribution in [2.75, 3.05) is 26.2 Å². The van der Waals surface area contributed by atoms with Crippen molar-refractivity contribution in [2.45, 2.75) is 37.3 Å². The van der Waals surface area contributed by atoms with Crippen LogP contribution in [0.2, 0.25) is 0 Å². The minimum Gasteiger partial charge on any atom is -0.393 e. The Bertz CT molecular complexity index is 336. The maximum Gasteiger partial charge on any atom is 0.0689 e. The van der Waals surface area contributed by atoms with Crippen molar-refractivity contribution >= 4 is 0 Å². The first-order chi connectivity index (χ1) is 9.99. The fourth-order valence-corrected chi connectivity index (χ4v) is 1.62. The number of aliphatic hydroxyl groups is 4. The third-order valence-corrected chi connectivity index (χ3v) is 2.56. The summed E-state index contributed by atoms with van der Waals surface area (Å²) in [4.78, 5) is 5.00. The number of azide groups is 2. The van der Waals surface area contributed by atoms with Crippen molar-refractivity contribution in [2.24, 2.45) is 10.2 Å². The fraction of sp³-hybridized carbons (Fsp3) is 1.00. The Morgan fingerprint density at radius 3 is 1.48 bits per heavy atom. The van der Waals surface area contributed by atoms with Crippen molar-refractivity contribution in [3.8, 4) is 0 Å². The zero-order chi connectivity index (χ0) is 16.1. The minimum absolute atomic E-state index is 0.0433. The van der Waals surface area contributed by atoms with Gasteiger partial charge in [0.15, 0.2) is 0 Å². The van der Waals surface area contributed by atoms with E-state index in [0.29, 0.717) is 0 Å². The van der Waals surface area contributed by atoms with E-state index in [1.54, 1.807) is 0 Å². The second-order valence-electron chi connectivity index (χ2n) is 4.57. The molecule has 11 heteroatoms. The molecule has 4 atom stereocenters. The van der Waals surface area contributed by atoms with E-state index >= 15 is 0 Å². The van der Waals surface area contributed by atoms with Gasteiger partial charge in [-0.05, 0) is 11.1 Å². The summed E-state index contributed by atoms with van der Waals surface area (Å²) in [5.74, 6) is 0. The molecule has 11 nitrogen and oxygen atoms in total. The average molecular weight is 303 g/mol. The molecule has 0 amide bonds. The van der Waals surface area contributed by atoms with Crippen molar-refractivity contribution in [1.29, 1.82) is 0 Å². The molecule has 0 aliphatic heterocycles. The highest BCUT2D eigenvalue weighted by Crippen LogP contribution is 2.01. The Hall–Kier alpha value is -1.58. The zero-order valence-electron chi connectivity index (χ0n) is 11.5. The zero-order valence-corrected chi connectivity index (χ0v) is 11.5. The van der Waals surface area contributed by atoms with Gasteiger partial charge in [0.25, 0.3) is 0 Å². The van der Waals surface area contributed by atoms with Crippen molar-refractivity contribution in [1.82, 2.24) is 5.32 Å². The summed E-state index contributed by atoms with van der Waals surface area (Å²) in [6.07, 6.45) is -3.46. The van der Waals surface area contributed by atoms with Crippen LogP contribution >= 0.6 is 0 Å². The van der Waals surface area contributed by atoms with E-state index in [4.69, 9.17) is 11.1 Å². The highest BCUT2D eigenvalue weighted by molar-refractivity contribution is 4.71. The number of hydrogen-bond acceptors (Lipinski definition) is 7. The first-order valence-electron chi connectivity index (χ1n) is 6.44. The number of hydrogen-bond donors (Lipinski definition) is 5. The number of rotatable bonds is 12. The topological polar surface area (TPSA) is 190 Å². The molecule has 0 saturated heterocycles. The molecular weight excluding hydrogens is 282 g/mol. The van der Waals surface area contributed by atoms with Gasteiger partial charge in [-0.3, -0.25) is 0 Å². The Morgan fingerprint density at radius 2 is 1.14 bits per heavy atom. The Balaban J connectivity index is 3.76. The van der Waals surface area contributed by atoms with Crippen LogP contribution in [0.4, 0.5) is 0 Å². The molecular formula is C10H21N7O4. The van der Waals surface area contributed by atoms with E-state index < -0.39 is 24.4 Å². The monoisotopic (exact) mass is 303 g/mol. The van der Waals surface area contributed by atoms with Crippen LogP contribution in [0, 0.1) is 0 Å². The van der Waals surface area contributed by atoms with Crippen molar-refractivity contribution < 1.29 is 20.4 Å². The lowest BCUT2D eigenvalue weighted by Gasteiger charge is -2.18. The molecule has 0 heterocycles. The van der Waals surface area contributed by atoms with Gasteiger partial charge < -0.3 is 25.7 Å². The number of nitrogens with one attached hydrogen (secondary N) is 1. The van der Waals surface area contributed by atoms with Crippen LogP contribution in [0.1, 0.15) is 12.8 Å². The third-order valence-electron chi connectivity index (χ3n) is 2.56. The van der Waals surface area contributed by atoms with E-state index in [1.165, 1.54) is 0 Å². The van der Waals surface area contributed by atoms with E-state index in [-0.39, 0.29) is 39.0 Å². The first kappa shape index (κ1) is 19.4. The Morgan fingerprint density at radius 1 is 0.762 bits per heavy atom. The van der Waals surface area contributed by atoms with Crippen LogP contribution in [0.3, 0.4) is 0 Å². The molecule has 5 N–H and O–H groups in total. The van der Waals surface area contributed by atoms with Gasteiger partial charge >= 0.3 is 0 Å². The highest BCUT2D eigenvalue weighted by Gasteiger charge is 2.14. The lowest BCUT2D eigenvalue weighted by Crippen LogP contribution is -2.36. The molecule has 0 aromatic heterocycles. The van der Waals surface area contributed by atoms with Gasteiger partial charge in [0, 0.05) is 35.8 Å². The van der Waals surface area contributed by atoms with Crippen LogP contribution in [0.5, 0.6) is 0 Å². The fourth-order valence-electron chi connectivity index (χ4n) is 1.62. The Labute approximate surface area is 121 Å². The lowest BCUT2D eigenvalue weighted by molar-refractivity contribution is 0.0702. The third kappa shape index (κ3) is 11.9. The standard InChI is InChI=1S/C10H21N7O4/c11-16-14-5-9(20)1-7(18)3-13-4-8(19)2-10(21)6-15-17-12/h7-10,13,18-21H,1-6H2. The van der Waals surface area contributed by atoms with Crippen molar-refractivity contribution in [3.63, 3.8) is 0 Å². The number of aliphatic hydroxyl groups excluding tert-OH is 4. The molecule has 0 fully saturated rings. The van der Waals surface area contributed by atoms with Gasteiger partial charge in [-0.2, -0.15) is 0 Å². The molecule has 0 aromatic rings. The molecule has 0 rings (SSSR count). The molecule has 0 spiro atoms. The molecule has 0 radical (unpaired) electrons. The maximum absolute atomic E-state index is 9.59. The molecule has 4 unspecified atom stereocenters. The molecule has 21 heavy (non-hydrogen) atoms. The number of nitrogens with zero attached hydrogens (tertiary/aromatic N) is 6. The van der Waals surface area contributed by atoms with Crippen LogP contribution in [0.15, 0.2) is 10.2 Å². The predicted octanol–water partition coefficient (Wildman–Crippen LogP) is -0.580. The van der Waals surface area contributed by atoms with Gasteiger partial charge in [0.05, 0.1) is 37.5 Å². The summed E-state index contributed by atoms with van der Waals surface area (Å²) in [6, 6.07) is 0. The highest BCUT2D eigenvalue weighted by atomic mass is 16.3. The van der Waals surface area contributed by atoms with Crippen LogP contribution in [-0.2, 0) is 0 Å². The van der Waals surface area contributed by atoms with Gasteiger partial charge in [-0.25, -0.2) is 0 Å². The summed E-state index contributed by atoms with van der Waals surface area (Å²) in [6.45, 7) is 0.0528. The van der Waals surface area contributed by atoms with Gasteiger partial charge in [0.1, 0.15) is 0 Å². The summed E-state index contributed by atoms with van der Waals surface area (Å²) < 4.78 is 0. The van der Waals surface area contributed by atoms with E-state index in [9.17, 15) is 20.4 Å². The quantitative estimate of drug-likeness (QED) is 0.183. The second kappa shape index (κ2) is 12.2. The summed E-state index contributed by atoms with van der Waals surface area (Å²) >= 11 is 0. The summed E-state index contributed by atoms with van der Waals surface area (Å²) in [5, 5.41) is 47.1. The van der Waals surface area contributed by atoms with Crippen LogP contribution < -0.4 is 5.32 Å². The summed E-state index contributed by atoms with van der Waals surface area (Å²) in [5.41, 5.74) is 16.2. The smallest absolute Gasteiger partial charge is 0.0689 e. The van der Waals surface area contributed by atoms with E-state index in [1.807, 2.05) is 0 Å². The molecule has 0 aliphatic rings. The molecule has 0 aliphatic carbocycles. The minimum atomic E-state index is -0.923. The molecule has 0 saturated carbocycles. The van der Waals surface area contributed by atoms with Crippen molar-refractivity contribution in [3.05, 3.63) is 20.9 Å². The predicted molar refractivity (Wildman–Crippen MR) is 74.2 cm³/mol. The van der Waals surface area contributed by atoms with Gasteiger partial charge in [0.2, 0.25) is 0 Å². The van der Waals surface area contributed by atoms with Crippen LogP contribution in [-0.4, -0.2) is 71.0 Å². The largest absolute Gasteiger partial charge is 0.393 e. The van der Waals surface area contributed by atoms with E-state index in [0.717, 1.165) is 0 Å². The SMILES string of the molecule is [N-]=[N+]=NCC(O)CC(O)CNCC(O)CC(O)CN=[N+]=[N-]. The van der Waals surface area contributed by atoms with E-state index in [2.05, 4.69) is 25.4 Å². The Kier molecular flexibility index (Phi) is 11.3. The summed E-state index contributed by atoms with van der Waals surface area (Å²) in [7, 11) is 0. The molecule has 0 bridgehead atoms. The van der Waals surface area contributed by atoms with Gasteiger partial charge in [-0.1, -0.05) is 10.2 Å². The van der Waals surface area contributed by atoms with Gasteiger partial charge in [-0.15, -0.1) is 0 Å². The molecule has 120 valence electrons. The van der Waals surface area contributed by atoms with Crippen LogP contribution in [0.25, 0.3) is 20.9 Å². The molecule has 0 aromatic carbocycles.